The molecule has 2 N–H and O–H groups in total. The van der Waals surface area contributed by atoms with Crippen molar-refractivity contribution in [1.29, 1.82) is 0 Å². The molecule has 1 fully saturated rings. The third-order valence-electron chi connectivity index (χ3n) is 5.35. The number of alkyl halides is 3. The van der Waals surface area contributed by atoms with Crippen LogP contribution >= 0.6 is 11.5 Å². The molecule has 1 atom stereocenters. The molecule has 0 aliphatic carbocycles. The first-order valence-electron chi connectivity index (χ1n) is 11.8. The summed E-state index contributed by atoms with van der Waals surface area (Å²) in [6.45, 7) is 7.93. The summed E-state index contributed by atoms with van der Waals surface area (Å²) in [5, 5.41) is 5.81. The number of ether oxygens (including phenoxy) is 2. The molecule has 0 aromatic carbocycles. The summed E-state index contributed by atoms with van der Waals surface area (Å²) in [7, 11) is 0. The van der Waals surface area contributed by atoms with E-state index in [-0.39, 0.29) is 17.5 Å². The predicted octanol–water partition coefficient (Wildman–Crippen LogP) is 5.04. The van der Waals surface area contributed by atoms with Crippen molar-refractivity contribution in [2.75, 3.05) is 23.7 Å². The van der Waals surface area contributed by atoms with E-state index in [0.717, 1.165) is 17.7 Å². The highest BCUT2D eigenvalue weighted by molar-refractivity contribution is 7.10. The van der Waals surface area contributed by atoms with Crippen LogP contribution in [-0.2, 0) is 10.9 Å². The molecule has 4 heterocycles. The van der Waals surface area contributed by atoms with Crippen LogP contribution in [0, 0.1) is 6.92 Å². The van der Waals surface area contributed by atoms with Crippen LogP contribution in [0.1, 0.15) is 48.9 Å². The number of rotatable bonds is 6. The number of amides is 2. The monoisotopic (exact) mass is 565 g/mol. The van der Waals surface area contributed by atoms with Gasteiger partial charge < -0.3 is 25.0 Å². The molecule has 1 aliphatic heterocycles. The Balaban J connectivity index is 1.35. The summed E-state index contributed by atoms with van der Waals surface area (Å²) in [6.07, 6.45) is -1.65. The van der Waals surface area contributed by atoms with Gasteiger partial charge in [-0.1, -0.05) is 0 Å². The lowest BCUT2D eigenvalue weighted by Crippen LogP contribution is -2.36. The Hall–Kier alpha value is -4.01. The largest absolute Gasteiger partial charge is 0.472 e. The van der Waals surface area contributed by atoms with Gasteiger partial charge in [0.05, 0.1) is 42.1 Å². The van der Waals surface area contributed by atoms with Gasteiger partial charge in [-0.15, -0.1) is 0 Å². The van der Waals surface area contributed by atoms with E-state index in [4.69, 9.17) is 9.47 Å². The maximum absolute atomic E-state index is 13.0. The summed E-state index contributed by atoms with van der Waals surface area (Å²) in [4.78, 5) is 38.1. The van der Waals surface area contributed by atoms with E-state index in [9.17, 15) is 22.8 Å². The lowest BCUT2D eigenvalue weighted by molar-refractivity contribution is -0.141. The first-order chi connectivity index (χ1) is 18.3. The van der Waals surface area contributed by atoms with E-state index < -0.39 is 29.5 Å². The second kappa shape index (κ2) is 11.0. The summed E-state index contributed by atoms with van der Waals surface area (Å²) in [5.74, 6) is -0.135. The highest BCUT2D eigenvalue weighted by atomic mass is 32.1. The van der Waals surface area contributed by atoms with E-state index in [2.05, 4.69) is 30.0 Å². The molecule has 4 rings (SSSR count). The molecule has 15 heteroatoms. The molecule has 11 nitrogen and oxygen atoms in total. The second-order valence-corrected chi connectivity index (χ2v) is 10.4. The average molecular weight is 566 g/mol. The van der Waals surface area contributed by atoms with E-state index >= 15 is 0 Å². The number of aromatic nitrogens is 4. The van der Waals surface area contributed by atoms with Crippen LogP contribution in [0.3, 0.4) is 0 Å². The first kappa shape index (κ1) is 28.0. The molecule has 208 valence electrons. The Morgan fingerprint density at radius 3 is 2.49 bits per heavy atom. The fraction of sp³-hybridized carbons (Fsp3) is 0.417. The van der Waals surface area contributed by atoms with Crippen molar-refractivity contribution in [3.05, 3.63) is 47.7 Å². The van der Waals surface area contributed by atoms with Crippen molar-refractivity contribution in [2.45, 2.75) is 52.0 Å². The van der Waals surface area contributed by atoms with E-state index in [1.165, 1.54) is 6.20 Å². The molecule has 0 radical (unpaired) electrons. The number of aryl methyl sites for hydroxylation is 1. The maximum Gasteiger partial charge on any atom is 0.434 e. The smallest absolute Gasteiger partial charge is 0.434 e. The molecule has 1 saturated heterocycles. The van der Waals surface area contributed by atoms with Gasteiger partial charge in [-0.2, -0.15) is 17.5 Å². The molecule has 39 heavy (non-hydrogen) atoms. The lowest BCUT2D eigenvalue weighted by Gasteiger charge is -2.24. The fourth-order valence-corrected chi connectivity index (χ4v) is 4.38. The van der Waals surface area contributed by atoms with Crippen LogP contribution in [-0.4, -0.2) is 61.0 Å². The Morgan fingerprint density at radius 2 is 1.87 bits per heavy atom. The molecule has 2 amide bonds. The minimum absolute atomic E-state index is 0.0287. The van der Waals surface area contributed by atoms with Gasteiger partial charge in [0.2, 0.25) is 5.88 Å². The summed E-state index contributed by atoms with van der Waals surface area (Å²) in [6, 6.07) is 3.21. The molecule has 0 bridgehead atoms. The van der Waals surface area contributed by atoms with Gasteiger partial charge in [0.1, 0.15) is 22.5 Å². The summed E-state index contributed by atoms with van der Waals surface area (Å²) < 4.78 is 53.6. The maximum atomic E-state index is 13.0. The summed E-state index contributed by atoms with van der Waals surface area (Å²) in [5.41, 5.74) is -0.693. The van der Waals surface area contributed by atoms with Crippen LogP contribution in [0.5, 0.6) is 5.88 Å². The number of hydrogen-bond donors (Lipinski definition) is 2. The Bertz CT molecular complexity index is 1330. The molecule has 3 aromatic heterocycles. The topological polar surface area (TPSA) is 131 Å². The van der Waals surface area contributed by atoms with Gasteiger partial charge in [-0.25, -0.2) is 19.7 Å². The van der Waals surface area contributed by atoms with Gasteiger partial charge in [-0.3, -0.25) is 4.79 Å². The Labute approximate surface area is 225 Å². The predicted molar refractivity (Wildman–Crippen MR) is 136 cm³/mol. The number of nitrogens with one attached hydrogen (secondary N) is 2. The van der Waals surface area contributed by atoms with Gasteiger partial charge in [-0.05, 0) is 45.3 Å². The molecular weight excluding hydrogens is 539 g/mol. The second-order valence-electron chi connectivity index (χ2n) is 9.68. The molecule has 1 aliphatic rings. The van der Waals surface area contributed by atoms with E-state index in [1.807, 2.05) is 0 Å². The zero-order valence-electron chi connectivity index (χ0n) is 21.5. The Kier molecular flexibility index (Phi) is 7.90. The lowest BCUT2D eigenvalue weighted by atomic mass is 10.2. The molecule has 1 unspecified atom stereocenters. The minimum atomic E-state index is -4.61. The van der Waals surface area contributed by atoms with Crippen LogP contribution in [0.2, 0.25) is 0 Å². The van der Waals surface area contributed by atoms with E-state index in [0.29, 0.717) is 48.0 Å². The number of nitrogens with zero attached hydrogens (tertiary/aromatic N) is 5. The van der Waals surface area contributed by atoms with Gasteiger partial charge in [0, 0.05) is 19.0 Å². The fourth-order valence-electron chi connectivity index (χ4n) is 3.58. The zero-order valence-corrected chi connectivity index (χ0v) is 22.3. The third-order valence-corrected chi connectivity index (χ3v) is 6.21. The van der Waals surface area contributed by atoms with Gasteiger partial charge in [0.25, 0.3) is 5.91 Å². The number of carbonyl (C=O) groups is 2. The molecule has 0 spiro atoms. The standard InChI is InChI=1S/C24H26F3N7O4S/c1-13-19(21(39-33-13)32-17-11-28-16(10-29-17)24(25,26)27)20(35)31-14-5-6-18(30-9-14)37-15-7-8-34(12-15)22(36)38-23(2,3)4/h5-6,9-11,15H,7-8,12H2,1-4H3,(H,29,32)(H,31,35). The SMILES string of the molecule is Cc1nsc(Nc2cnc(C(F)(F)F)cn2)c1C(=O)Nc1ccc(OC2CCN(C(=O)OC(C)(C)C)C2)nc1. The summed E-state index contributed by atoms with van der Waals surface area (Å²) >= 11 is 0.960. The van der Waals surface area contributed by atoms with Crippen LogP contribution in [0.4, 0.5) is 34.5 Å². The van der Waals surface area contributed by atoms with Crippen molar-refractivity contribution in [3.8, 4) is 5.88 Å². The van der Waals surface area contributed by atoms with Crippen molar-refractivity contribution >= 4 is 40.0 Å². The third kappa shape index (κ3) is 7.31. The van der Waals surface area contributed by atoms with E-state index in [1.54, 1.807) is 44.7 Å². The normalized spacial score (nSPS) is 15.7. The van der Waals surface area contributed by atoms with Crippen molar-refractivity contribution < 1.29 is 32.2 Å². The molecule has 0 saturated carbocycles. The number of hydrogen-bond acceptors (Lipinski definition) is 10. The highest BCUT2D eigenvalue weighted by Crippen LogP contribution is 2.30. The van der Waals surface area contributed by atoms with Crippen LogP contribution < -0.4 is 15.4 Å². The number of halogens is 3. The highest BCUT2D eigenvalue weighted by Gasteiger charge is 2.33. The Morgan fingerprint density at radius 1 is 1.10 bits per heavy atom. The number of pyridine rings is 1. The van der Waals surface area contributed by atoms with Crippen LogP contribution in [0.15, 0.2) is 30.7 Å². The minimum Gasteiger partial charge on any atom is -0.472 e. The quantitative estimate of drug-likeness (QED) is 0.422. The molecule has 3 aromatic rings. The number of likely N-dealkylation sites (tertiary alicyclic amines) is 1. The van der Waals surface area contributed by atoms with Gasteiger partial charge >= 0.3 is 12.3 Å². The zero-order chi connectivity index (χ0) is 28.4. The van der Waals surface area contributed by atoms with Crippen LogP contribution in [0.25, 0.3) is 0 Å². The van der Waals surface area contributed by atoms with Gasteiger partial charge in [0.15, 0.2) is 5.69 Å². The first-order valence-corrected chi connectivity index (χ1v) is 12.6. The molecular formula is C24H26F3N7O4S. The van der Waals surface area contributed by atoms with Crippen molar-refractivity contribution in [3.63, 3.8) is 0 Å². The van der Waals surface area contributed by atoms with Crippen molar-refractivity contribution in [1.82, 2.24) is 24.2 Å². The number of carbonyl (C=O) groups excluding carboxylic acids is 2. The average Bonchev–Trinajstić information content (AvgIpc) is 3.45. The number of anilines is 3. The van der Waals surface area contributed by atoms with Crippen molar-refractivity contribution in [2.24, 2.45) is 0 Å².